The molecule has 1 fully saturated rings. The predicted octanol–water partition coefficient (Wildman–Crippen LogP) is -1.14. The SMILES string of the molecule is C[C@@]1(F)[C@H](O)[C@](CO)(CF)O[C@H]1n1ccc(=O)[nH]c1=O. The van der Waals surface area contributed by atoms with Crippen molar-refractivity contribution in [3.05, 3.63) is 33.1 Å². The highest BCUT2D eigenvalue weighted by Crippen LogP contribution is 2.46. The number of H-pyrrole nitrogens is 1. The molecule has 0 spiro atoms. The molecule has 1 aliphatic heterocycles. The van der Waals surface area contributed by atoms with E-state index in [9.17, 15) is 23.5 Å². The number of aliphatic hydroxyl groups is 2. The van der Waals surface area contributed by atoms with Gasteiger partial charge in [0.15, 0.2) is 17.5 Å². The van der Waals surface area contributed by atoms with Gasteiger partial charge in [0.05, 0.1) is 6.61 Å². The molecule has 0 saturated carbocycles. The van der Waals surface area contributed by atoms with Crippen molar-refractivity contribution in [3.8, 4) is 0 Å². The molecule has 1 saturated heterocycles. The number of aromatic nitrogens is 2. The standard InChI is InChI=1S/C11H14F2N2O5/c1-10(13)7(18)11(4-12,5-16)20-8(10)15-3-2-6(17)14-9(15)19/h2-3,7-8,16,18H,4-5H2,1H3,(H,14,17,19)/t7-,8+,10+,11+/m0/s1. The molecule has 2 rings (SSSR count). The number of hydrogen-bond donors (Lipinski definition) is 3. The van der Waals surface area contributed by atoms with Crippen LogP contribution in [0.3, 0.4) is 0 Å². The van der Waals surface area contributed by atoms with Gasteiger partial charge in [0.1, 0.15) is 12.8 Å². The summed E-state index contributed by atoms with van der Waals surface area (Å²) in [6.07, 6.45) is -2.68. The van der Waals surface area contributed by atoms with Crippen LogP contribution < -0.4 is 11.2 Å². The van der Waals surface area contributed by atoms with Crippen LogP contribution in [0.4, 0.5) is 8.78 Å². The fourth-order valence-corrected chi connectivity index (χ4v) is 2.26. The average Bonchev–Trinajstić information content (AvgIpc) is 2.60. The Hall–Kier alpha value is -1.58. The second-order valence-corrected chi connectivity index (χ2v) is 4.90. The number of alkyl halides is 2. The van der Waals surface area contributed by atoms with E-state index in [0.717, 1.165) is 19.2 Å². The maximum absolute atomic E-state index is 14.6. The third-order valence-corrected chi connectivity index (χ3v) is 3.46. The van der Waals surface area contributed by atoms with Crippen molar-refractivity contribution in [1.29, 1.82) is 0 Å². The van der Waals surface area contributed by atoms with E-state index in [1.165, 1.54) is 0 Å². The van der Waals surface area contributed by atoms with Gasteiger partial charge in [-0.15, -0.1) is 0 Å². The van der Waals surface area contributed by atoms with E-state index in [1.807, 2.05) is 4.98 Å². The summed E-state index contributed by atoms with van der Waals surface area (Å²) in [4.78, 5) is 24.5. The largest absolute Gasteiger partial charge is 0.393 e. The fraction of sp³-hybridized carbons (Fsp3) is 0.636. The quantitative estimate of drug-likeness (QED) is 0.653. The molecule has 0 amide bonds. The first-order valence-corrected chi connectivity index (χ1v) is 5.81. The van der Waals surface area contributed by atoms with Crippen LogP contribution in [0.15, 0.2) is 21.9 Å². The smallest absolute Gasteiger partial charge is 0.330 e. The lowest BCUT2D eigenvalue weighted by atomic mass is 9.90. The summed E-state index contributed by atoms with van der Waals surface area (Å²) in [5, 5.41) is 19.0. The molecule has 0 bridgehead atoms. The summed E-state index contributed by atoms with van der Waals surface area (Å²) in [5.41, 5.74) is -6.34. The molecule has 4 atom stereocenters. The Bertz CT molecular complexity index is 607. The topological polar surface area (TPSA) is 105 Å². The first-order valence-electron chi connectivity index (χ1n) is 5.81. The lowest BCUT2D eigenvalue weighted by Gasteiger charge is -2.27. The van der Waals surface area contributed by atoms with Gasteiger partial charge in [-0.05, 0) is 6.92 Å². The van der Waals surface area contributed by atoms with Crippen molar-refractivity contribution in [2.24, 2.45) is 0 Å². The fourth-order valence-electron chi connectivity index (χ4n) is 2.26. The summed E-state index contributed by atoms with van der Waals surface area (Å²) < 4.78 is 33.4. The lowest BCUT2D eigenvalue weighted by molar-refractivity contribution is -0.138. The van der Waals surface area contributed by atoms with Crippen LogP contribution >= 0.6 is 0 Å². The molecule has 0 radical (unpaired) electrons. The molecule has 1 aromatic rings. The highest BCUT2D eigenvalue weighted by molar-refractivity contribution is 5.08. The maximum atomic E-state index is 14.6. The monoisotopic (exact) mass is 292 g/mol. The van der Waals surface area contributed by atoms with Crippen LogP contribution in [0.1, 0.15) is 13.2 Å². The Balaban J connectivity index is 2.52. The third kappa shape index (κ3) is 1.98. The molecule has 1 aliphatic rings. The molecule has 7 nitrogen and oxygen atoms in total. The van der Waals surface area contributed by atoms with Crippen LogP contribution in [0.2, 0.25) is 0 Å². The Morgan fingerprint density at radius 1 is 1.55 bits per heavy atom. The summed E-state index contributed by atoms with van der Waals surface area (Å²) in [6, 6.07) is 0.960. The second kappa shape index (κ2) is 4.76. The maximum Gasteiger partial charge on any atom is 0.330 e. The van der Waals surface area contributed by atoms with Gasteiger partial charge in [-0.2, -0.15) is 0 Å². The number of rotatable bonds is 3. The second-order valence-electron chi connectivity index (χ2n) is 4.90. The van der Waals surface area contributed by atoms with Crippen molar-refractivity contribution < 1.29 is 23.7 Å². The number of nitrogens with one attached hydrogen (secondary N) is 1. The van der Waals surface area contributed by atoms with Crippen molar-refractivity contribution in [1.82, 2.24) is 9.55 Å². The normalized spacial score (nSPS) is 37.2. The van der Waals surface area contributed by atoms with Crippen LogP contribution in [-0.2, 0) is 4.74 Å². The minimum Gasteiger partial charge on any atom is -0.393 e. The number of aromatic amines is 1. The molecular formula is C11H14F2N2O5. The summed E-state index contributed by atoms with van der Waals surface area (Å²) in [7, 11) is 0. The molecule has 1 aromatic heterocycles. The highest BCUT2D eigenvalue weighted by Gasteiger charge is 2.63. The Morgan fingerprint density at radius 2 is 2.20 bits per heavy atom. The van der Waals surface area contributed by atoms with Gasteiger partial charge in [-0.3, -0.25) is 14.3 Å². The van der Waals surface area contributed by atoms with Crippen molar-refractivity contribution in [2.75, 3.05) is 13.3 Å². The van der Waals surface area contributed by atoms with Crippen LogP contribution in [0.25, 0.3) is 0 Å². The Morgan fingerprint density at radius 3 is 2.65 bits per heavy atom. The summed E-state index contributed by atoms with van der Waals surface area (Å²) in [6.45, 7) is -1.37. The van der Waals surface area contributed by atoms with Gasteiger partial charge in [-0.25, -0.2) is 13.6 Å². The number of aliphatic hydroxyl groups excluding tert-OH is 2. The predicted molar refractivity (Wildman–Crippen MR) is 62.8 cm³/mol. The van der Waals surface area contributed by atoms with E-state index in [-0.39, 0.29) is 0 Å². The van der Waals surface area contributed by atoms with E-state index >= 15 is 0 Å². The minimum atomic E-state index is -2.53. The third-order valence-electron chi connectivity index (χ3n) is 3.46. The van der Waals surface area contributed by atoms with Crippen molar-refractivity contribution in [2.45, 2.75) is 30.5 Å². The number of ether oxygens (including phenoxy) is 1. The number of hydrogen-bond acceptors (Lipinski definition) is 5. The van der Waals surface area contributed by atoms with Crippen LogP contribution in [-0.4, -0.2) is 50.4 Å². The Kier molecular flexibility index (Phi) is 3.53. The van der Waals surface area contributed by atoms with Gasteiger partial charge >= 0.3 is 5.69 Å². The van der Waals surface area contributed by atoms with Gasteiger partial charge in [0.2, 0.25) is 0 Å². The summed E-state index contributed by atoms with van der Waals surface area (Å²) in [5.74, 6) is 0. The molecule has 112 valence electrons. The highest BCUT2D eigenvalue weighted by atomic mass is 19.1. The van der Waals surface area contributed by atoms with Gasteiger partial charge in [0.25, 0.3) is 5.56 Å². The molecule has 0 aliphatic carbocycles. The van der Waals surface area contributed by atoms with E-state index in [4.69, 9.17) is 9.84 Å². The average molecular weight is 292 g/mol. The molecule has 20 heavy (non-hydrogen) atoms. The number of halogens is 2. The molecule has 2 heterocycles. The molecule has 0 unspecified atom stereocenters. The van der Waals surface area contributed by atoms with Crippen molar-refractivity contribution >= 4 is 0 Å². The van der Waals surface area contributed by atoms with E-state index in [2.05, 4.69) is 0 Å². The molecule has 9 heteroatoms. The molecule has 0 aromatic carbocycles. The van der Waals surface area contributed by atoms with E-state index in [1.54, 1.807) is 0 Å². The van der Waals surface area contributed by atoms with E-state index < -0.39 is 48.1 Å². The zero-order chi connectivity index (χ0) is 15.1. The first-order chi connectivity index (χ1) is 9.28. The zero-order valence-corrected chi connectivity index (χ0v) is 10.5. The van der Waals surface area contributed by atoms with Gasteiger partial charge < -0.3 is 14.9 Å². The van der Waals surface area contributed by atoms with E-state index in [0.29, 0.717) is 4.57 Å². The number of nitrogens with zero attached hydrogens (tertiary/aromatic N) is 1. The summed E-state index contributed by atoms with van der Waals surface area (Å²) >= 11 is 0. The van der Waals surface area contributed by atoms with Crippen molar-refractivity contribution in [3.63, 3.8) is 0 Å². The lowest BCUT2D eigenvalue weighted by Crippen LogP contribution is -2.51. The molecular weight excluding hydrogens is 278 g/mol. The first kappa shape index (κ1) is 14.8. The Labute approximate surface area is 111 Å². The molecule has 3 N–H and O–H groups in total. The van der Waals surface area contributed by atoms with Crippen LogP contribution in [0, 0.1) is 0 Å². The van der Waals surface area contributed by atoms with Gasteiger partial charge in [0, 0.05) is 12.3 Å². The zero-order valence-electron chi connectivity index (χ0n) is 10.5. The van der Waals surface area contributed by atoms with Crippen LogP contribution in [0.5, 0.6) is 0 Å². The minimum absolute atomic E-state index is 0.690. The van der Waals surface area contributed by atoms with Gasteiger partial charge in [-0.1, -0.05) is 0 Å².